The number of carbonyl (C=O) groups is 3. The Morgan fingerprint density at radius 2 is 0.980 bits per heavy atom. The lowest BCUT2D eigenvalue weighted by Crippen LogP contribution is -2.16. The molecule has 0 heterocycles. The van der Waals surface area contributed by atoms with Crippen LogP contribution in [0.1, 0.15) is 47.8 Å². The van der Waals surface area contributed by atoms with E-state index in [0.717, 1.165) is 36.4 Å². The van der Waals surface area contributed by atoms with Gasteiger partial charge >= 0.3 is 0 Å². The molecule has 15 heteroatoms. The second kappa shape index (κ2) is 15.2. The Morgan fingerprint density at radius 3 is 1.30 bits per heavy atom. The normalized spacial score (nSPS) is 11.3. The van der Waals surface area contributed by atoms with Gasteiger partial charge < -0.3 is 40.1 Å². The van der Waals surface area contributed by atoms with E-state index in [0.29, 0.717) is 7.14 Å². The molecule has 50 heavy (non-hydrogen) atoms. The molecule has 0 unspecified atom stereocenters. The molecule has 4 aromatic carbocycles. The van der Waals surface area contributed by atoms with Crippen LogP contribution in [0.3, 0.4) is 0 Å². The Hall–Kier alpha value is -5.79. The van der Waals surface area contributed by atoms with Crippen molar-refractivity contribution in [1.29, 1.82) is 10.5 Å². The van der Waals surface area contributed by atoms with Crippen molar-refractivity contribution in [3.63, 3.8) is 0 Å². The van der Waals surface area contributed by atoms with Gasteiger partial charge in [-0.1, -0.05) is 0 Å². The number of nitriles is 2. The smallest absolute Gasteiger partial charge is 0.208 e. The summed E-state index contributed by atoms with van der Waals surface area (Å²) in [6, 6.07) is 12.5. The van der Waals surface area contributed by atoms with Crippen LogP contribution >= 0.6 is 45.2 Å². The van der Waals surface area contributed by atoms with Crippen LogP contribution in [-0.4, -0.2) is 62.2 Å². The molecule has 0 saturated carbocycles. The molecule has 0 aliphatic rings. The summed E-state index contributed by atoms with van der Waals surface area (Å²) >= 11 is 3.60. The molecule has 0 saturated heterocycles. The number of hydrogen-bond acceptors (Lipinski definition) is 13. The highest BCUT2D eigenvalue weighted by Crippen LogP contribution is 2.39. The number of aromatic hydroxyl groups is 6. The Labute approximate surface area is 310 Å². The van der Waals surface area contributed by atoms with E-state index in [1.165, 1.54) is 38.5 Å². The minimum atomic E-state index is -1.23. The van der Waals surface area contributed by atoms with Crippen LogP contribution in [0.25, 0.3) is 12.2 Å². The highest BCUT2D eigenvalue weighted by atomic mass is 127. The number of ether oxygens (including phenoxy) is 2. The third-order valence-electron chi connectivity index (χ3n) is 7.15. The average molecular weight is 900 g/mol. The predicted molar refractivity (Wildman–Crippen MR) is 194 cm³/mol. The van der Waals surface area contributed by atoms with Gasteiger partial charge in [-0.05, 0) is 117 Å². The summed E-state index contributed by atoms with van der Waals surface area (Å²) in [6.07, 6.45) is 2.18. The van der Waals surface area contributed by atoms with Crippen LogP contribution in [0.2, 0.25) is 0 Å². The third kappa shape index (κ3) is 7.14. The highest BCUT2D eigenvalue weighted by Gasteiger charge is 2.31. The lowest BCUT2D eigenvalue weighted by atomic mass is 9.88. The van der Waals surface area contributed by atoms with Gasteiger partial charge in [0.05, 0.1) is 32.5 Å². The first-order valence-corrected chi connectivity index (χ1v) is 15.9. The number of hydrogen-bond donors (Lipinski definition) is 6. The van der Waals surface area contributed by atoms with E-state index in [1.54, 1.807) is 57.3 Å². The molecule has 0 aliphatic heterocycles. The number of carbonyl (C=O) groups excluding carboxylic acids is 3. The number of benzene rings is 4. The summed E-state index contributed by atoms with van der Waals surface area (Å²) in [6.45, 7) is 0. The van der Waals surface area contributed by atoms with E-state index in [9.17, 15) is 55.5 Å². The van der Waals surface area contributed by atoms with Crippen molar-refractivity contribution in [3.05, 3.63) is 100 Å². The van der Waals surface area contributed by atoms with Crippen LogP contribution < -0.4 is 9.47 Å². The molecular formula is C35H22I2N2O11. The minimum absolute atomic E-state index is 0.0263. The van der Waals surface area contributed by atoms with E-state index in [1.807, 2.05) is 0 Å². The number of rotatable bonds is 10. The maximum absolute atomic E-state index is 14.1. The minimum Gasteiger partial charge on any atom is -0.504 e. The van der Waals surface area contributed by atoms with Gasteiger partial charge in [0.15, 0.2) is 51.8 Å². The van der Waals surface area contributed by atoms with Gasteiger partial charge in [-0.15, -0.1) is 0 Å². The molecule has 4 rings (SSSR count). The van der Waals surface area contributed by atoms with Gasteiger partial charge in [0.2, 0.25) is 11.6 Å². The molecule has 4 aromatic rings. The largest absolute Gasteiger partial charge is 0.504 e. The van der Waals surface area contributed by atoms with E-state index >= 15 is 0 Å². The highest BCUT2D eigenvalue weighted by molar-refractivity contribution is 14.1. The molecule has 13 nitrogen and oxygen atoms in total. The SMILES string of the molecule is COc1cc(C=C(C#N)C(=O)c2c(C(=O)c3ccc(O)c(O)c3C(=O)C(C#N)=Cc3cc(I)c(O)c(OC)c3)ccc(O)c2O)cc(I)c1O. The number of methoxy groups -OCH3 is 2. The van der Waals surface area contributed by atoms with Gasteiger partial charge in [0.25, 0.3) is 0 Å². The van der Waals surface area contributed by atoms with Crippen molar-refractivity contribution >= 4 is 74.7 Å². The van der Waals surface area contributed by atoms with Gasteiger partial charge in [-0.2, -0.15) is 10.5 Å². The van der Waals surface area contributed by atoms with Crippen molar-refractivity contribution < 1.29 is 54.5 Å². The molecule has 0 fully saturated rings. The maximum Gasteiger partial charge on any atom is 0.208 e. The molecular weight excluding hydrogens is 878 g/mol. The summed E-state index contributed by atoms with van der Waals surface area (Å²) in [5, 5.41) is 82.4. The standard InChI is InChI=1S/C35H22I2N2O11/c1-49-25-11-15(9-21(36)32(25)45)7-17(13-38)29(42)27-19(3-5-23(40)34(27)47)31(44)20-4-6-24(41)35(48)28(20)30(43)18(14-39)8-16-10-22(37)33(46)26(12-16)50-2/h3-12,40-41,45-48H,1-2H3. The quantitative estimate of drug-likeness (QED) is 0.0355. The summed E-state index contributed by atoms with van der Waals surface area (Å²) < 4.78 is 10.8. The lowest BCUT2D eigenvalue weighted by molar-refractivity contribution is 0.0991. The molecule has 0 bridgehead atoms. The maximum atomic E-state index is 14.1. The van der Waals surface area contributed by atoms with E-state index < -0.39 is 73.7 Å². The van der Waals surface area contributed by atoms with Crippen molar-refractivity contribution in [2.45, 2.75) is 0 Å². The molecule has 0 amide bonds. The lowest BCUT2D eigenvalue weighted by Gasteiger charge is -2.15. The summed E-state index contributed by atoms with van der Waals surface area (Å²) in [5.74, 6) is -7.79. The number of Topliss-reactive ketones (excluding diaryl/α,β-unsaturated/α-hetero) is 2. The number of halogens is 2. The topological polar surface area (TPSA) is 239 Å². The fraction of sp³-hybridized carbons (Fsp3) is 0.0571. The first-order valence-electron chi connectivity index (χ1n) is 13.8. The van der Waals surface area contributed by atoms with E-state index in [-0.39, 0.29) is 34.1 Å². The van der Waals surface area contributed by atoms with Crippen LogP contribution in [-0.2, 0) is 0 Å². The Morgan fingerprint density at radius 1 is 0.620 bits per heavy atom. The van der Waals surface area contributed by atoms with E-state index in [4.69, 9.17) is 9.47 Å². The number of ketones is 3. The fourth-order valence-electron chi connectivity index (χ4n) is 4.71. The molecule has 6 N–H and O–H groups in total. The molecule has 0 radical (unpaired) electrons. The number of phenolic OH excluding ortho intramolecular Hbond substituents is 6. The monoisotopic (exact) mass is 900 g/mol. The number of nitrogens with zero attached hydrogens (tertiary/aromatic N) is 2. The number of allylic oxidation sites excluding steroid dienone is 2. The fourth-order valence-corrected chi connectivity index (χ4v) is 5.96. The zero-order chi connectivity index (χ0) is 37.0. The van der Waals surface area contributed by atoms with Crippen molar-refractivity contribution in [3.8, 4) is 58.1 Å². The Balaban J connectivity index is 1.89. The Bertz CT molecular complexity index is 2110. The molecule has 0 atom stereocenters. The van der Waals surface area contributed by atoms with E-state index in [2.05, 4.69) is 0 Å². The molecule has 0 aliphatic carbocycles. The van der Waals surface area contributed by atoms with Crippen LogP contribution in [0.4, 0.5) is 0 Å². The third-order valence-corrected chi connectivity index (χ3v) is 8.79. The Kier molecular flexibility index (Phi) is 11.2. The van der Waals surface area contributed by atoms with Crippen LogP contribution in [0.5, 0.6) is 46.0 Å². The molecule has 252 valence electrons. The summed E-state index contributed by atoms with van der Waals surface area (Å²) in [5.41, 5.74) is -3.73. The molecule has 0 spiro atoms. The zero-order valence-corrected chi connectivity index (χ0v) is 30.0. The summed E-state index contributed by atoms with van der Waals surface area (Å²) in [7, 11) is 2.58. The van der Waals surface area contributed by atoms with Crippen LogP contribution in [0, 0.1) is 29.8 Å². The second-order valence-corrected chi connectivity index (χ2v) is 12.5. The van der Waals surface area contributed by atoms with Crippen molar-refractivity contribution in [1.82, 2.24) is 0 Å². The zero-order valence-electron chi connectivity index (χ0n) is 25.6. The predicted octanol–water partition coefficient (Wildman–Crippen LogP) is 5.96. The first-order chi connectivity index (χ1) is 23.7. The van der Waals surface area contributed by atoms with Gasteiger partial charge in [-0.25, -0.2) is 0 Å². The van der Waals surface area contributed by atoms with Gasteiger partial charge in [0.1, 0.15) is 23.3 Å². The second-order valence-electron chi connectivity index (χ2n) is 10.1. The van der Waals surface area contributed by atoms with Gasteiger partial charge in [-0.3, -0.25) is 14.4 Å². The average Bonchev–Trinajstić information content (AvgIpc) is 3.10. The summed E-state index contributed by atoms with van der Waals surface area (Å²) in [4.78, 5) is 41.7. The van der Waals surface area contributed by atoms with Crippen LogP contribution in [0.15, 0.2) is 59.7 Å². The van der Waals surface area contributed by atoms with Gasteiger partial charge in [0, 0.05) is 11.1 Å². The first kappa shape index (κ1) is 37.0. The van der Waals surface area contributed by atoms with Crippen molar-refractivity contribution in [2.24, 2.45) is 0 Å². The molecule has 0 aromatic heterocycles. The van der Waals surface area contributed by atoms with Crippen molar-refractivity contribution in [2.75, 3.05) is 14.2 Å². The number of phenols is 6.